The van der Waals surface area contributed by atoms with E-state index in [4.69, 9.17) is 5.26 Å². The topological polar surface area (TPSA) is 30.3 Å². The van der Waals surface area contributed by atoms with Crippen molar-refractivity contribution in [1.29, 1.82) is 5.26 Å². The fourth-order valence-electron chi connectivity index (χ4n) is 3.18. The molecule has 17 heavy (non-hydrogen) atoms. The van der Waals surface area contributed by atoms with Gasteiger partial charge in [-0.25, -0.2) is 0 Å². The molecule has 0 aliphatic carbocycles. The van der Waals surface area contributed by atoms with Gasteiger partial charge in [0.25, 0.3) is 0 Å². The maximum Gasteiger partial charge on any atom is 0.0638 e. The van der Waals surface area contributed by atoms with Crippen LogP contribution in [0, 0.1) is 17.2 Å². The van der Waals surface area contributed by atoms with Crippen molar-refractivity contribution in [1.82, 2.24) is 9.80 Å². The Kier molecular flexibility index (Phi) is 4.82. The highest BCUT2D eigenvalue weighted by Gasteiger charge is 2.27. The summed E-state index contributed by atoms with van der Waals surface area (Å²) in [6.45, 7) is 8.50. The molecule has 0 amide bonds. The third kappa shape index (κ3) is 3.69. The molecule has 2 fully saturated rings. The molecule has 2 rings (SSSR count). The van der Waals surface area contributed by atoms with Crippen molar-refractivity contribution in [3.05, 3.63) is 0 Å². The highest BCUT2D eigenvalue weighted by molar-refractivity contribution is 4.86. The molecule has 0 aromatic heterocycles. The first kappa shape index (κ1) is 12.9. The lowest BCUT2D eigenvalue weighted by molar-refractivity contribution is 0.186. The van der Waals surface area contributed by atoms with Crippen LogP contribution in [0.5, 0.6) is 0 Å². The highest BCUT2D eigenvalue weighted by atomic mass is 15.2. The predicted molar refractivity (Wildman–Crippen MR) is 69.7 cm³/mol. The molecule has 0 saturated carbocycles. The van der Waals surface area contributed by atoms with Crippen molar-refractivity contribution in [2.24, 2.45) is 5.92 Å². The number of nitriles is 1. The summed E-state index contributed by atoms with van der Waals surface area (Å²) in [5, 5.41) is 8.74. The summed E-state index contributed by atoms with van der Waals surface area (Å²) in [6.07, 6.45) is 6.21. The van der Waals surface area contributed by atoms with Crippen LogP contribution in [-0.2, 0) is 0 Å². The summed E-state index contributed by atoms with van der Waals surface area (Å²) in [4.78, 5) is 5.14. The number of likely N-dealkylation sites (tertiary alicyclic amines) is 2. The molecule has 2 aliphatic heterocycles. The molecule has 96 valence electrons. The van der Waals surface area contributed by atoms with Gasteiger partial charge in [-0.1, -0.05) is 6.42 Å². The molecule has 0 N–H and O–H groups in total. The van der Waals surface area contributed by atoms with E-state index in [1.165, 1.54) is 58.4 Å². The van der Waals surface area contributed by atoms with E-state index < -0.39 is 0 Å². The van der Waals surface area contributed by atoms with E-state index in [9.17, 15) is 0 Å². The van der Waals surface area contributed by atoms with Gasteiger partial charge in [0.05, 0.1) is 12.5 Å². The molecule has 2 heterocycles. The molecule has 3 heteroatoms. The van der Waals surface area contributed by atoms with Crippen LogP contribution in [-0.4, -0.2) is 48.6 Å². The molecule has 2 aliphatic rings. The molecule has 0 aromatic rings. The van der Waals surface area contributed by atoms with Crippen LogP contribution in [0.15, 0.2) is 0 Å². The first-order chi connectivity index (χ1) is 8.29. The number of piperidine rings is 1. The lowest BCUT2D eigenvalue weighted by Gasteiger charge is -2.29. The van der Waals surface area contributed by atoms with E-state index in [-0.39, 0.29) is 0 Å². The van der Waals surface area contributed by atoms with Crippen molar-refractivity contribution in [3.63, 3.8) is 0 Å². The summed E-state index contributed by atoms with van der Waals surface area (Å²) in [5.74, 6) is 0.842. The second-order valence-electron chi connectivity index (χ2n) is 5.72. The Bertz CT molecular complexity index is 265. The van der Waals surface area contributed by atoms with Crippen LogP contribution in [0.3, 0.4) is 0 Å². The maximum atomic E-state index is 8.74. The molecular formula is C14H25N3. The monoisotopic (exact) mass is 235 g/mol. The molecule has 0 spiro atoms. The van der Waals surface area contributed by atoms with Crippen LogP contribution in [0.4, 0.5) is 0 Å². The van der Waals surface area contributed by atoms with E-state index >= 15 is 0 Å². The zero-order valence-corrected chi connectivity index (χ0v) is 11.1. The quantitative estimate of drug-likeness (QED) is 0.747. The second kappa shape index (κ2) is 6.37. The molecule has 0 unspecified atom stereocenters. The Balaban J connectivity index is 1.72. The third-order valence-electron chi connectivity index (χ3n) is 4.29. The van der Waals surface area contributed by atoms with Gasteiger partial charge in [-0.05, 0) is 51.7 Å². The van der Waals surface area contributed by atoms with Gasteiger partial charge < -0.3 is 4.90 Å². The minimum absolute atomic E-state index is 0.450. The lowest BCUT2D eigenvalue weighted by Crippen LogP contribution is -2.36. The summed E-state index contributed by atoms with van der Waals surface area (Å²) in [5.41, 5.74) is 0. The maximum absolute atomic E-state index is 8.74. The summed E-state index contributed by atoms with van der Waals surface area (Å²) in [6, 6.07) is 2.74. The molecule has 0 aromatic carbocycles. The fraction of sp³-hybridized carbons (Fsp3) is 0.929. The minimum Gasteiger partial charge on any atom is -0.303 e. The molecular weight excluding hydrogens is 210 g/mol. The number of hydrogen-bond acceptors (Lipinski definition) is 3. The molecule has 3 nitrogen and oxygen atoms in total. The van der Waals surface area contributed by atoms with E-state index in [0.29, 0.717) is 12.5 Å². The number of hydrogen-bond donors (Lipinski definition) is 0. The fourth-order valence-corrected chi connectivity index (χ4v) is 3.18. The van der Waals surface area contributed by atoms with Crippen molar-refractivity contribution in [2.45, 2.75) is 45.1 Å². The SMILES string of the molecule is C[C@H](CC#N)N1CC[C@@H](CN2CCCCC2)C1. The second-order valence-corrected chi connectivity index (χ2v) is 5.72. The van der Waals surface area contributed by atoms with Gasteiger partial charge in [0, 0.05) is 19.1 Å². The molecule has 0 radical (unpaired) electrons. The molecule has 2 saturated heterocycles. The standard InChI is InChI=1S/C14H25N3/c1-13(5-7-15)17-10-6-14(12-17)11-16-8-3-2-4-9-16/h13-14H,2-6,8-12H2,1H3/t13-,14+/m1/s1. The van der Waals surface area contributed by atoms with Crippen LogP contribution < -0.4 is 0 Å². The van der Waals surface area contributed by atoms with Gasteiger partial charge in [0.15, 0.2) is 0 Å². The van der Waals surface area contributed by atoms with Crippen LogP contribution in [0.1, 0.15) is 39.0 Å². The van der Waals surface area contributed by atoms with Gasteiger partial charge in [-0.15, -0.1) is 0 Å². The third-order valence-corrected chi connectivity index (χ3v) is 4.29. The summed E-state index contributed by atoms with van der Waals surface area (Å²) < 4.78 is 0. The Morgan fingerprint density at radius 1 is 1.24 bits per heavy atom. The van der Waals surface area contributed by atoms with Gasteiger partial charge in [0.1, 0.15) is 0 Å². The molecule has 2 atom stereocenters. The minimum atomic E-state index is 0.450. The van der Waals surface area contributed by atoms with Crippen molar-refractivity contribution >= 4 is 0 Å². The van der Waals surface area contributed by atoms with E-state index in [1.807, 2.05) is 0 Å². The first-order valence-electron chi connectivity index (χ1n) is 7.13. The van der Waals surface area contributed by atoms with Crippen LogP contribution in [0.2, 0.25) is 0 Å². The van der Waals surface area contributed by atoms with Crippen molar-refractivity contribution < 1.29 is 0 Å². The van der Waals surface area contributed by atoms with Crippen molar-refractivity contribution in [2.75, 3.05) is 32.7 Å². The van der Waals surface area contributed by atoms with E-state index in [0.717, 1.165) is 5.92 Å². The van der Waals surface area contributed by atoms with Gasteiger partial charge >= 0.3 is 0 Å². The highest BCUT2D eigenvalue weighted by Crippen LogP contribution is 2.22. The van der Waals surface area contributed by atoms with Crippen LogP contribution in [0.25, 0.3) is 0 Å². The van der Waals surface area contributed by atoms with Gasteiger partial charge in [0.2, 0.25) is 0 Å². The van der Waals surface area contributed by atoms with E-state index in [1.54, 1.807) is 0 Å². The summed E-state index contributed by atoms with van der Waals surface area (Å²) >= 11 is 0. The average molecular weight is 235 g/mol. The first-order valence-corrected chi connectivity index (χ1v) is 7.13. The van der Waals surface area contributed by atoms with Crippen molar-refractivity contribution in [3.8, 4) is 6.07 Å². The predicted octanol–water partition coefficient (Wildman–Crippen LogP) is 2.10. The largest absolute Gasteiger partial charge is 0.303 e. The zero-order valence-electron chi connectivity index (χ0n) is 11.1. The lowest BCUT2D eigenvalue weighted by atomic mass is 10.1. The Morgan fingerprint density at radius 2 is 2.00 bits per heavy atom. The van der Waals surface area contributed by atoms with Gasteiger partial charge in [-0.3, -0.25) is 4.90 Å². The zero-order chi connectivity index (χ0) is 12.1. The Labute approximate surface area is 105 Å². The average Bonchev–Trinajstić information content (AvgIpc) is 2.79. The van der Waals surface area contributed by atoms with Crippen LogP contribution >= 0.6 is 0 Å². The van der Waals surface area contributed by atoms with E-state index in [2.05, 4.69) is 22.8 Å². The number of nitrogens with zero attached hydrogens (tertiary/aromatic N) is 3. The Hall–Kier alpha value is -0.590. The Morgan fingerprint density at radius 3 is 2.71 bits per heavy atom. The molecule has 0 bridgehead atoms. The summed E-state index contributed by atoms with van der Waals surface area (Å²) in [7, 11) is 0. The van der Waals surface area contributed by atoms with Gasteiger partial charge in [-0.2, -0.15) is 5.26 Å². The smallest absolute Gasteiger partial charge is 0.0638 e. The normalized spacial score (nSPS) is 29.1. The number of rotatable bonds is 4.